The molecule has 0 amide bonds. The van der Waals surface area contributed by atoms with E-state index in [1.807, 2.05) is 13.8 Å². The van der Waals surface area contributed by atoms with Crippen LogP contribution in [0.25, 0.3) is 0 Å². The Morgan fingerprint density at radius 1 is 1.00 bits per heavy atom. The predicted molar refractivity (Wildman–Crippen MR) is 67.7 cm³/mol. The van der Waals surface area contributed by atoms with Crippen LogP contribution in [0.15, 0.2) is 0 Å². The van der Waals surface area contributed by atoms with Crippen molar-refractivity contribution < 1.29 is 28.6 Å². The van der Waals surface area contributed by atoms with Crippen molar-refractivity contribution in [2.24, 2.45) is 0 Å². The van der Waals surface area contributed by atoms with Gasteiger partial charge in [0.25, 0.3) is 0 Å². The molecule has 0 heterocycles. The highest BCUT2D eigenvalue weighted by Gasteiger charge is 2.27. The molecule has 0 N–H and O–H groups in total. The number of alkyl halides is 1. The average molecular weight is 295 g/mol. The van der Waals surface area contributed by atoms with E-state index in [4.69, 9.17) is 25.8 Å². The molecule has 0 saturated heterocycles. The first kappa shape index (κ1) is 17.7. The van der Waals surface area contributed by atoms with Crippen LogP contribution in [-0.2, 0) is 28.6 Å². The number of carbonyl (C=O) groups excluding carboxylic acids is 3. The first-order valence-electron chi connectivity index (χ1n) is 6.12. The van der Waals surface area contributed by atoms with E-state index < -0.39 is 29.9 Å². The maximum Gasteiger partial charge on any atom is 0.348 e. The second-order valence-electron chi connectivity index (χ2n) is 3.70. The summed E-state index contributed by atoms with van der Waals surface area (Å²) in [5.74, 6) is -2.58. The topological polar surface area (TPSA) is 78.9 Å². The molecular formula is C12H19ClO6. The molecule has 0 spiro atoms. The van der Waals surface area contributed by atoms with Crippen LogP contribution in [0.1, 0.15) is 33.1 Å². The number of carbonyl (C=O) groups is 3. The van der Waals surface area contributed by atoms with Crippen LogP contribution in [0.5, 0.6) is 0 Å². The summed E-state index contributed by atoms with van der Waals surface area (Å²) in [5, 5.41) is 0. The summed E-state index contributed by atoms with van der Waals surface area (Å²) in [6, 6.07) is 0. The number of halogens is 1. The summed E-state index contributed by atoms with van der Waals surface area (Å²) in [5.41, 5.74) is 0. The van der Waals surface area contributed by atoms with Gasteiger partial charge in [0.15, 0.2) is 0 Å². The minimum absolute atomic E-state index is 0.192. The van der Waals surface area contributed by atoms with E-state index in [0.717, 1.165) is 0 Å². The van der Waals surface area contributed by atoms with Crippen molar-refractivity contribution in [3.05, 3.63) is 0 Å². The molecule has 6 nitrogen and oxygen atoms in total. The minimum atomic E-state index is -1.30. The van der Waals surface area contributed by atoms with Crippen LogP contribution in [0.2, 0.25) is 0 Å². The maximum atomic E-state index is 11.6. The molecule has 0 aliphatic heterocycles. The van der Waals surface area contributed by atoms with Crippen LogP contribution in [0, 0.1) is 0 Å². The number of hydrogen-bond acceptors (Lipinski definition) is 6. The third-order valence-corrected chi connectivity index (χ3v) is 2.13. The van der Waals surface area contributed by atoms with Gasteiger partial charge in [-0.25, -0.2) is 4.79 Å². The monoisotopic (exact) mass is 294 g/mol. The molecule has 19 heavy (non-hydrogen) atoms. The van der Waals surface area contributed by atoms with Gasteiger partial charge < -0.3 is 14.2 Å². The molecule has 7 heteroatoms. The lowest BCUT2D eigenvalue weighted by Gasteiger charge is -2.15. The Hall–Kier alpha value is -1.30. The van der Waals surface area contributed by atoms with Gasteiger partial charge in [0.2, 0.25) is 6.10 Å². The zero-order chi connectivity index (χ0) is 14.7. The Labute approximate surface area is 117 Å². The first-order chi connectivity index (χ1) is 9.04. The molecule has 110 valence electrons. The van der Waals surface area contributed by atoms with E-state index in [-0.39, 0.29) is 19.6 Å². The molecule has 0 aromatic heterocycles. The molecule has 0 unspecified atom stereocenters. The second-order valence-corrected chi connectivity index (χ2v) is 3.97. The van der Waals surface area contributed by atoms with Crippen LogP contribution >= 0.6 is 11.6 Å². The zero-order valence-corrected chi connectivity index (χ0v) is 11.9. The average Bonchev–Trinajstić information content (AvgIpc) is 2.41. The highest BCUT2D eigenvalue weighted by molar-refractivity contribution is 6.26. The number of rotatable bonds is 9. The van der Waals surface area contributed by atoms with E-state index in [2.05, 4.69) is 0 Å². The largest absolute Gasteiger partial charge is 0.466 e. The minimum Gasteiger partial charge on any atom is -0.466 e. The van der Waals surface area contributed by atoms with E-state index in [9.17, 15) is 14.4 Å². The highest BCUT2D eigenvalue weighted by atomic mass is 35.5. The molecule has 0 radical (unpaired) electrons. The summed E-state index contributed by atoms with van der Waals surface area (Å²) in [4.78, 5) is 34.1. The van der Waals surface area contributed by atoms with E-state index in [1.165, 1.54) is 0 Å². The second kappa shape index (κ2) is 10.6. The third kappa shape index (κ3) is 8.42. The Morgan fingerprint density at radius 3 is 2.11 bits per heavy atom. The Balaban J connectivity index is 4.43. The summed E-state index contributed by atoms with van der Waals surface area (Å²) in [6.07, 6.45) is -0.381. The van der Waals surface area contributed by atoms with Gasteiger partial charge in [-0.15, -0.1) is 11.6 Å². The fraction of sp³-hybridized carbons (Fsp3) is 0.750. The van der Waals surface area contributed by atoms with Gasteiger partial charge in [-0.1, -0.05) is 13.8 Å². The van der Waals surface area contributed by atoms with Crippen molar-refractivity contribution in [1.29, 1.82) is 0 Å². The predicted octanol–water partition coefficient (Wildman–Crippen LogP) is 1.43. The van der Waals surface area contributed by atoms with Crippen LogP contribution in [0.4, 0.5) is 0 Å². The molecule has 0 saturated carbocycles. The molecule has 0 aromatic carbocycles. The van der Waals surface area contributed by atoms with Crippen molar-refractivity contribution in [2.45, 2.75) is 39.2 Å². The highest BCUT2D eigenvalue weighted by Crippen LogP contribution is 2.06. The SMILES string of the molecule is CCCOC(=O)C[C@@H](OC(=O)CCl)C(=O)OCCC. The van der Waals surface area contributed by atoms with Crippen LogP contribution < -0.4 is 0 Å². The Morgan fingerprint density at radius 2 is 1.58 bits per heavy atom. The van der Waals surface area contributed by atoms with Gasteiger partial charge >= 0.3 is 17.9 Å². The van der Waals surface area contributed by atoms with Crippen molar-refractivity contribution in [2.75, 3.05) is 19.1 Å². The zero-order valence-electron chi connectivity index (χ0n) is 11.1. The molecule has 0 rings (SSSR count). The lowest BCUT2D eigenvalue weighted by Crippen LogP contribution is -2.32. The molecule has 0 fully saturated rings. The molecular weight excluding hydrogens is 276 g/mol. The molecule has 0 aromatic rings. The summed E-state index contributed by atoms with van der Waals surface area (Å²) in [7, 11) is 0. The third-order valence-electron chi connectivity index (χ3n) is 1.91. The first-order valence-corrected chi connectivity index (χ1v) is 6.66. The van der Waals surface area contributed by atoms with Crippen molar-refractivity contribution in [3.63, 3.8) is 0 Å². The van der Waals surface area contributed by atoms with Crippen LogP contribution in [0.3, 0.4) is 0 Å². The summed E-state index contributed by atoms with van der Waals surface area (Å²) in [6.45, 7) is 4.10. The van der Waals surface area contributed by atoms with Gasteiger partial charge in [-0.05, 0) is 12.8 Å². The lowest BCUT2D eigenvalue weighted by atomic mass is 10.2. The van der Waals surface area contributed by atoms with Gasteiger partial charge in [-0.2, -0.15) is 0 Å². The van der Waals surface area contributed by atoms with Gasteiger partial charge in [0.05, 0.1) is 19.6 Å². The summed E-state index contributed by atoms with van der Waals surface area (Å²) >= 11 is 5.28. The number of ether oxygens (including phenoxy) is 3. The quantitative estimate of drug-likeness (QED) is 0.364. The van der Waals surface area contributed by atoms with Gasteiger partial charge in [0, 0.05) is 0 Å². The molecule has 1 atom stereocenters. The maximum absolute atomic E-state index is 11.6. The number of esters is 3. The molecule has 0 aliphatic rings. The lowest BCUT2D eigenvalue weighted by molar-refractivity contribution is -0.170. The van der Waals surface area contributed by atoms with Crippen LogP contribution in [-0.4, -0.2) is 43.1 Å². The fourth-order valence-corrected chi connectivity index (χ4v) is 1.15. The molecule has 0 bridgehead atoms. The van der Waals surface area contributed by atoms with Gasteiger partial charge in [-0.3, -0.25) is 9.59 Å². The van der Waals surface area contributed by atoms with Gasteiger partial charge in [0.1, 0.15) is 5.88 Å². The number of hydrogen-bond donors (Lipinski definition) is 0. The Bertz CT molecular complexity index is 305. The summed E-state index contributed by atoms with van der Waals surface area (Å²) < 4.78 is 14.4. The van der Waals surface area contributed by atoms with Crippen molar-refractivity contribution in [3.8, 4) is 0 Å². The van der Waals surface area contributed by atoms with E-state index >= 15 is 0 Å². The normalized spacial score (nSPS) is 11.5. The Kier molecular flexibility index (Phi) is 9.88. The van der Waals surface area contributed by atoms with E-state index in [1.54, 1.807) is 0 Å². The standard InChI is InChI=1S/C12H19ClO6/c1-3-5-17-10(14)7-9(19-11(15)8-13)12(16)18-6-4-2/h9H,3-8H2,1-2H3/t9-/m1/s1. The van der Waals surface area contributed by atoms with Crippen molar-refractivity contribution in [1.82, 2.24) is 0 Å². The van der Waals surface area contributed by atoms with Crippen molar-refractivity contribution >= 4 is 29.5 Å². The molecule has 0 aliphatic carbocycles. The fourth-order valence-electron chi connectivity index (χ4n) is 1.09. The smallest absolute Gasteiger partial charge is 0.348 e. The van der Waals surface area contributed by atoms with E-state index in [0.29, 0.717) is 12.8 Å².